The molecular formula is C13H14Cl2N2O3. The second kappa shape index (κ2) is 5.48. The molecule has 3 rings (SSSR count). The van der Waals surface area contributed by atoms with E-state index in [9.17, 15) is 4.79 Å². The predicted octanol–water partition coefficient (Wildman–Crippen LogP) is 2.37. The van der Waals surface area contributed by atoms with Crippen molar-refractivity contribution in [2.24, 2.45) is 0 Å². The van der Waals surface area contributed by atoms with Crippen LogP contribution < -0.4 is 0 Å². The van der Waals surface area contributed by atoms with Crippen molar-refractivity contribution in [3.8, 4) is 0 Å². The molecule has 7 heteroatoms. The van der Waals surface area contributed by atoms with Crippen LogP contribution in [-0.2, 0) is 9.47 Å². The molecule has 0 aliphatic carbocycles. The van der Waals surface area contributed by atoms with E-state index in [0.717, 1.165) is 12.8 Å². The Bertz CT molecular complexity index is 532. The minimum Gasteiger partial charge on any atom is -0.346 e. The number of carbonyl (C=O) groups excluding carboxylic acids is 1. The molecule has 1 aromatic rings. The number of piperidine rings is 1. The zero-order valence-corrected chi connectivity index (χ0v) is 12.3. The Balaban J connectivity index is 1.77. The topological polar surface area (TPSA) is 51.7 Å². The number of aromatic nitrogens is 1. The van der Waals surface area contributed by atoms with Crippen molar-refractivity contribution in [2.75, 3.05) is 26.3 Å². The predicted molar refractivity (Wildman–Crippen MR) is 74.0 cm³/mol. The maximum atomic E-state index is 12.5. The molecule has 0 radical (unpaired) electrons. The van der Waals surface area contributed by atoms with E-state index in [-0.39, 0.29) is 16.1 Å². The van der Waals surface area contributed by atoms with Gasteiger partial charge in [-0.05, 0) is 12.5 Å². The van der Waals surface area contributed by atoms with Gasteiger partial charge in [-0.1, -0.05) is 23.2 Å². The summed E-state index contributed by atoms with van der Waals surface area (Å²) >= 11 is 11.7. The molecule has 0 saturated carbocycles. The molecule has 1 amide bonds. The average Bonchev–Trinajstić information content (AvgIpc) is 2.89. The van der Waals surface area contributed by atoms with Gasteiger partial charge in [0.15, 0.2) is 5.79 Å². The van der Waals surface area contributed by atoms with Gasteiger partial charge in [-0.3, -0.25) is 4.79 Å². The van der Waals surface area contributed by atoms with Crippen LogP contribution in [0.2, 0.25) is 10.2 Å². The van der Waals surface area contributed by atoms with Crippen LogP contribution in [-0.4, -0.2) is 47.9 Å². The number of nitrogens with zero attached hydrogens (tertiary/aromatic N) is 2. The van der Waals surface area contributed by atoms with Crippen molar-refractivity contribution in [3.05, 3.63) is 28.0 Å². The van der Waals surface area contributed by atoms with E-state index in [1.807, 2.05) is 0 Å². The highest BCUT2D eigenvalue weighted by atomic mass is 35.5. The lowest BCUT2D eigenvalue weighted by Crippen LogP contribution is -2.51. The maximum Gasteiger partial charge on any atom is 0.255 e. The molecule has 0 bridgehead atoms. The number of rotatable bonds is 1. The molecule has 3 heterocycles. The van der Waals surface area contributed by atoms with Crippen molar-refractivity contribution in [3.63, 3.8) is 0 Å². The summed E-state index contributed by atoms with van der Waals surface area (Å²) in [5.41, 5.74) is 0.425. The maximum absolute atomic E-state index is 12.5. The van der Waals surface area contributed by atoms with E-state index >= 15 is 0 Å². The Morgan fingerprint density at radius 1 is 1.35 bits per heavy atom. The number of likely N-dealkylation sites (tertiary alicyclic amines) is 1. The van der Waals surface area contributed by atoms with Gasteiger partial charge < -0.3 is 14.4 Å². The Labute approximate surface area is 126 Å². The van der Waals surface area contributed by atoms with Gasteiger partial charge in [0.2, 0.25) is 0 Å². The van der Waals surface area contributed by atoms with E-state index in [1.54, 1.807) is 4.90 Å². The van der Waals surface area contributed by atoms with E-state index in [4.69, 9.17) is 32.7 Å². The lowest BCUT2D eigenvalue weighted by molar-refractivity contribution is -0.183. The molecule has 108 valence electrons. The first-order chi connectivity index (χ1) is 9.60. The van der Waals surface area contributed by atoms with Crippen LogP contribution in [0.15, 0.2) is 12.3 Å². The van der Waals surface area contributed by atoms with Gasteiger partial charge in [0, 0.05) is 19.2 Å². The highest BCUT2D eigenvalue weighted by molar-refractivity contribution is 6.41. The Morgan fingerprint density at radius 2 is 2.10 bits per heavy atom. The van der Waals surface area contributed by atoms with Crippen LogP contribution >= 0.6 is 23.2 Å². The highest BCUT2D eigenvalue weighted by Gasteiger charge is 2.42. The third kappa shape index (κ3) is 2.63. The molecule has 1 aromatic heterocycles. The Kier molecular flexibility index (Phi) is 3.86. The van der Waals surface area contributed by atoms with Crippen LogP contribution in [0.4, 0.5) is 0 Å². The van der Waals surface area contributed by atoms with Crippen molar-refractivity contribution in [2.45, 2.75) is 18.6 Å². The van der Waals surface area contributed by atoms with Gasteiger partial charge in [0.1, 0.15) is 5.15 Å². The largest absolute Gasteiger partial charge is 0.346 e. The molecule has 1 spiro atoms. The smallest absolute Gasteiger partial charge is 0.255 e. The monoisotopic (exact) mass is 316 g/mol. The second-order valence-corrected chi connectivity index (χ2v) is 5.70. The number of amides is 1. The van der Waals surface area contributed by atoms with Crippen molar-refractivity contribution >= 4 is 29.1 Å². The molecule has 2 fully saturated rings. The Hall–Kier alpha value is -0.880. The molecule has 0 atom stereocenters. The summed E-state index contributed by atoms with van der Waals surface area (Å²) in [7, 11) is 0. The molecule has 0 N–H and O–H groups in total. The van der Waals surface area contributed by atoms with Crippen molar-refractivity contribution in [1.82, 2.24) is 9.88 Å². The summed E-state index contributed by atoms with van der Waals surface area (Å²) < 4.78 is 11.3. The van der Waals surface area contributed by atoms with E-state index in [2.05, 4.69) is 4.98 Å². The molecule has 2 aliphatic heterocycles. The zero-order valence-electron chi connectivity index (χ0n) is 10.8. The van der Waals surface area contributed by atoms with Gasteiger partial charge in [-0.15, -0.1) is 0 Å². The summed E-state index contributed by atoms with van der Waals surface area (Å²) in [5, 5.41) is 0.471. The number of hydrogen-bond donors (Lipinski definition) is 0. The van der Waals surface area contributed by atoms with Gasteiger partial charge in [0.25, 0.3) is 5.91 Å². The zero-order chi connectivity index (χ0) is 14.2. The SMILES string of the molecule is O=C(c1cnc(Cl)c(Cl)c1)N1CCCC2(C1)OCCO2. The Morgan fingerprint density at radius 3 is 2.80 bits per heavy atom. The van der Waals surface area contributed by atoms with Gasteiger partial charge in [-0.2, -0.15) is 0 Å². The van der Waals surface area contributed by atoms with Gasteiger partial charge >= 0.3 is 0 Å². The summed E-state index contributed by atoms with van der Waals surface area (Å²) in [5.74, 6) is -0.758. The van der Waals surface area contributed by atoms with Crippen LogP contribution in [0.25, 0.3) is 0 Å². The number of hydrogen-bond acceptors (Lipinski definition) is 4. The first-order valence-corrected chi connectivity index (χ1v) is 7.23. The molecule has 0 unspecified atom stereocenters. The molecule has 0 aromatic carbocycles. The number of carbonyl (C=O) groups is 1. The van der Waals surface area contributed by atoms with Gasteiger partial charge in [0.05, 0.1) is 30.3 Å². The minimum atomic E-state index is -0.627. The van der Waals surface area contributed by atoms with Crippen LogP contribution in [0, 0.1) is 0 Å². The van der Waals surface area contributed by atoms with E-state index in [0.29, 0.717) is 31.9 Å². The summed E-state index contributed by atoms with van der Waals surface area (Å²) in [6.45, 7) is 2.27. The third-order valence-corrected chi connectivity index (χ3v) is 4.25. The van der Waals surface area contributed by atoms with Crippen molar-refractivity contribution in [1.29, 1.82) is 0 Å². The summed E-state index contributed by atoms with van der Waals surface area (Å²) in [4.78, 5) is 18.1. The van der Waals surface area contributed by atoms with E-state index < -0.39 is 5.79 Å². The van der Waals surface area contributed by atoms with Crippen molar-refractivity contribution < 1.29 is 14.3 Å². The number of pyridine rings is 1. The normalized spacial score (nSPS) is 21.4. The lowest BCUT2D eigenvalue weighted by Gasteiger charge is -2.38. The fourth-order valence-electron chi connectivity index (χ4n) is 2.61. The standard InChI is InChI=1S/C13H14Cl2N2O3/c14-10-6-9(7-16-11(10)15)12(18)17-3-1-2-13(8-17)19-4-5-20-13/h6-7H,1-5,8H2. The fourth-order valence-corrected chi connectivity index (χ4v) is 2.88. The molecule has 20 heavy (non-hydrogen) atoms. The number of ether oxygens (including phenoxy) is 2. The summed E-state index contributed by atoms with van der Waals surface area (Å²) in [6.07, 6.45) is 3.10. The van der Waals surface area contributed by atoms with Gasteiger partial charge in [-0.25, -0.2) is 4.98 Å². The highest BCUT2D eigenvalue weighted by Crippen LogP contribution is 2.31. The third-order valence-electron chi connectivity index (χ3n) is 3.56. The quantitative estimate of drug-likeness (QED) is 0.746. The number of halogens is 2. The summed E-state index contributed by atoms with van der Waals surface area (Å²) in [6, 6.07) is 1.54. The van der Waals surface area contributed by atoms with E-state index in [1.165, 1.54) is 12.3 Å². The molecule has 2 saturated heterocycles. The van der Waals surface area contributed by atoms with Crippen LogP contribution in [0.3, 0.4) is 0 Å². The molecule has 2 aliphatic rings. The van der Waals surface area contributed by atoms with Crippen LogP contribution in [0.5, 0.6) is 0 Å². The minimum absolute atomic E-state index is 0.130. The second-order valence-electron chi connectivity index (χ2n) is 4.93. The molecule has 5 nitrogen and oxygen atoms in total. The fraction of sp³-hybridized carbons (Fsp3) is 0.538. The average molecular weight is 317 g/mol. The first-order valence-electron chi connectivity index (χ1n) is 6.48. The lowest BCUT2D eigenvalue weighted by atomic mass is 10.0. The first kappa shape index (κ1) is 14.1. The van der Waals surface area contributed by atoms with Crippen LogP contribution in [0.1, 0.15) is 23.2 Å². The molecular weight excluding hydrogens is 303 g/mol.